The first-order valence-corrected chi connectivity index (χ1v) is 26.2. The average molecular weight is 975 g/mol. The zero-order valence-corrected chi connectivity index (χ0v) is 44.2. The molecule has 1 N–H and O–H groups in total. The normalized spacial score (nSPS) is 22.6. The molecule has 1 saturated carbocycles. The maximum atomic E-state index is 13.8. The lowest BCUT2D eigenvalue weighted by atomic mass is 9.49. The summed E-state index contributed by atoms with van der Waals surface area (Å²) >= 11 is 0. The highest BCUT2D eigenvalue weighted by Gasteiger charge is 2.64. The predicted molar refractivity (Wildman–Crippen MR) is 282 cm³/mol. The van der Waals surface area contributed by atoms with Crippen LogP contribution in [-0.4, -0.2) is 106 Å². The first kappa shape index (κ1) is 49.3. The van der Waals surface area contributed by atoms with Crippen LogP contribution in [0.15, 0.2) is 67.0 Å². The van der Waals surface area contributed by atoms with Crippen LogP contribution in [0.25, 0.3) is 11.1 Å². The van der Waals surface area contributed by atoms with E-state index in [2.05, 4.69) is 115 Å². The van der Waals surface area contributed by atoms with Crippen LogP contribution in [0.3, 0.4) is 0 Å². The lowest BCUT2D eigenvalue weighted by molar-refractivity contribution is -0.164. The first-order valence-electron chi connectivity index (χ1n) is 26.2. The van der Waals surface area contributed by atoms with Gasteiger partial charge in [-0.2, -0.15) is 15.5 Å². The number of nitrogens with zero attached hydrogens (tertiary/aromatic N) is 9. The summed E-state index contributed by atoms with van der Waals surface area (Å²) in [6.07, 6.45) is 10.0. The van der Waals surface area contributed by atoms with Gasteiger partial charge in [0.05, 0.1) is 31.5 Å². The van der Waals surface area contributed by atoms with Crippen molar-refractivity contribution in [2.75, 3.05) is 62.7 Å². The molecule has 14 nitrogen and oxygen atoms in total. The van der Waals surface area contributed by atoms with Crippen molar-refractivity contribution in [3.8, 4) is 28.7 Å². The van der Waals surface area contributed by atoms with Gasteiger partial charge in [-0.1, -0.05) is 41.5 Å². The van der Waals surface area contributed by atoms with Crippen molar-refractivity contribution >= 4 is 29.0 Å². The van der Waals surface area contributed by atoms with E-state index in [1.807, 2.05) is 35.0 Å². The minimum absolute atomic E-state index is 0.0829. The molecule has 0 radical (unpaired) electrons. The summed E-state index contributed by atoms with van der Waals surface area (Å²) in [7, 11) is 3.52. The van der Waals surface area contributed by atoms with Crippen molar-refractivity contribution in [1.82, 2.24) is 34.7 Å². The zero-order valence-electron chi connectivity index (χ0n) is 44.2. The van der Waals surface area contributed by atoms with Gasteiger partial charge in [0.15, 0.2) is 5.82 Å². The number of anilines is 3. The molecule has 3 fully saturated rings. The molecule has 1 atom stereocenters. The summed E-state index contributed by atoms with van der Waals surface area (Å²) in [4.78, 5) is 36.2. The van der Waals surface area contributed by atoms with Crippen molar-refractivity contribution in [2.45, 2.75) is 119 Å². The molecular weight excluding hydrogens is 901 g/mol. The number of rotatable bonds is 11. The summed E-state index contributed by atoms with van der Waals surface area (Å²) in [6.45, 7) is 24.7. The molecule has 6 heterocycles. The average Bonchev–Trinajstić information content (AvgIpc) is 3.98. The maximum Gasteiger partial charge on any atom is 0.251 e. The van der Waals surface area contributed by atoms with E-state index in [1.54, 1.807) is 32.2 Å². The molecule has 4 aliphatic heterocycles. The molecule has 380 valence electrons. The van der Waals surface area contributed by atoms with Crippen molar-refractivity contribution < 1.29 is 19.1 Å². The Hall–Kier alpha value is -6.33. The lowest BCUT2D eigenvalue weighted by Crippen LogP contribution is -2.74. The molecular formula is C58H74N10O4. The van der Waals surface area contributed by atoms with Gasteiger partial charge in [-0.05, 0) is 116 Å². The summed E-state index contributed by atoms with van der Waals surface area (Å²) in [5, 5.41) is 22.8. The number of likely N-dealkylation sites (tertiary alicyclic amines) is 1. The van der Waals surface area contributed by atoms with Crippen LogP contribution in [0.2, 0.25) is 0 Å². The molecule has 2 aromatic heterocycles. The molecule has 3 aromatic carbocycles. The third kappa shape index (κ3) is 9.00. The van der Waals surface area contributed by atoms with Crippen molar-refractivity contribution in [3.63, 3.8) is 0 Å². The number of nitrogens with one attached hydrogen (secondary N) is 1. The van der Waals surface area contributed by atoms with Crippen LogP contribution in [0, 0.1) is 40.4 Å². The predicted octanol–water partition coefficient (Wildman–Crippen LogP) is 9.26. The van der Waals surface area contributed by atoms with E-state index < -0.39 is 0 Å². The Morgan fingerprint density at radius 2 is 1.67 bits per heavy atom. The minimum atomic E-state index is -0.343. The van der Waals surface area contributed by atoms with Gasteiger partial charge >= 0.3 is 0 Å². The van der Waals surface area contributed by atoms with Crippen molar-refractivity contribution in [3.05, 3.63) is 101 Å². The number of fused-ring (bicyclic) bond motifs is 2. The Kier molecular flexibility index (Phi) is 13.0. The topological polar surface area (TPSA) is 137 Å². The molecule has 72 heavy (non-hydrogen) atoms. The fraction of sp³-hybridized carbons (Fsp3) is 0.534. The van der Waals surface area contributed by atoms with Crippen LogP contribution in [-0.2, 0) is 31.2 Å². The van der Waals surface area contributed by atoms with Crippen LogP contribution >= 0.6 is 0 Å². The lowest BCUT2D eigenvalue weighted by Gasteiger charge is -2.63. The second-order valence-electron chi connectivity index (χ2n) is 23.3. The number of carbonyl (C=O) groups is 2. The largest absolute Gasteiger partial charge is 0.495 e. The fourth-order valence-electron chi connectivity index (χ4n) is 13.5. The summed E-state index contributed by atoms with van der Waals surface area (Å²) in [5.74, 6) is 2.76. The number of hydrogen-bond acceptors (Lipinski definition) is 10. The number of aromatic nitrogens is 4. The number of ether oxygens (including phenoxy) is 2. The molecule has 0 spiro atoms. The Labute approximate surface area is 426 Å². The second kappa shape index (κ2) is 18.9. The number of hydrogen-bond donors (Lipinski definition) is 1. The summed E-state index contributed by atoms with van der Waals surface area (Å²) in [5.41, 5.74) is 10.4. The number of aryl methyl sites for hydroxylation is 3. The number of piperidine rings is 2. The number of amides is 2. The highest BCUT2D eigenvalue weighted by molar-refractivity contribution is 5.95. The van der Waals surface area contributed by atoms with Gasteiger partial charge in [0.25, 0.3) is 5.91 Å². The molecule has 2 saturated heterocycles. The van der Waals surface area contributed by atoms with E-state index in [9.17, 15) is 14.9 Å². The standard InChI is InChI=1S/C58H74N10O4/c1-37-28-50-40(29-47(37)42-32-60-63(9)33-42)12-11-23-67(50)52-48-35-65(38(2)69)27-22-49(48)68(62-52)45-20-24-64(25-21-45)34-43-19-26-66(36-56(43,3)4)44-16-13-39(14-17-44)53(70)61-54-57(5,6)55(58(54,7)8)72-46-18-15-41(31-59)51(30-46)71-10/h13-18,28-30,32-33,43,45,54-55H,11-12,19-27,34-36H2,1-10H3,(H,61,70). The van der Waals surface area contributed by atoms with Crippen molar-refractivity contribution in [2.24, 2.45) is 29.2 Å². The van der Waals surface area contributed by atoms with E-state index in [-0.39, 0.29) is 40.2 Å². The first-order chi connectivity index (χ1) is 34.4. The smallest absolute Gasteiger partial charge is 0.251 e. The van der Waals surface area contributed by atoms with Gasteiger partial charge in [-0.25, -0.2) is 0 Å². The molecule has 0 bridgehead atoms. The molecule has 1 unspecified atom stereocenters. The molecule has 2 amide bonds. The van der Waals surface area contributed by atoms with Gasteiger partial charge in [-0.3, -0.25) is 19.0 Å². The zero-order chi connectivity index (χ0) is 50.9. The molecule has 10 rings (SSSR count). The Bertz CT molecular complexity index is 2880. The SMILES string of the molecule is COc1cc(OC2C(C)(C)C(NC(=O)c3ccc(N4CCC(CN5CCC(n6nc(N7CCCc8cc(-c9cnn(C)c9)c(C)cc87)c7c6CCN(C(C)=O)C7)CC5)C(C)(C)C4)cc3)C2(C)C)ccc1C#N. The van der Waals surface area contributed by atoms with Crippen LogP contribution in [0.4, 0.5) is 17.2 Å². The quantitative estimate of drug-likeness (QED) is 0.136. The van der Waals surface area contributed by atoms with Gasteiger partial charge in [0, 0.05) is 129 Å². The fourth-order valence-corrected chi connectivity index (χ4v) is 13.5. The van der Waals surface area contributed by atoms with Crippen molar-refractivity contribution in [1.29, 1.82) is 5.26 Å². The summed E-state index contributed by atoms with van der Waals surface area (Å²) < 4.78 is 16.2. The van der Waals surface area contributed by atoms with E-state index in [0.717, 1.165) is 101 Å². The number of methoxy groups -OCH3 is 1. The maximum absolute atomic E-state index is 13.8. The third-order valence-electron chi connectivity index (χ3n) is 17.3. The molecule has 1 aliphatic carbocycles. The molecule has 5 aromatic rings. The number of nitriles is 1. The highest BCUT2D eigenvalue weighted by Crippen LogP contribution is 2.56. The van der Waals surface area contributed by atoms with Gasteiger partial charge in [0.2, 0.25) is 5.91 Å². The van der Waals surface area contributed by atoms with Crippen LogP contribution < -0.4 is 24.6 Å². The van der Waals surface area contributed by atoms with Gasteiger partial charge in [-0.15, -0.1) is 0 Å². The molecule has 5 aliphatic rings. The Balaban J connectivity index is 0.757. The summed E-state index contributed by atoms with van der Waals surface area (Å²) in [6, 6.07) is 20.5. The van der Waals surface area contributed by atoms with Crippen LogP contribution in [0.5, 0.6) is 11.5 Å². The van der Waals surface area contributed by atoms with Crippen LogP contribution in [0.1, 0.15) is 118 Å². The van der Waals surface area contributed by atoms with E-state index in [1.165, 1.54) is 33.6 Å². The monoisotopic (exact) mass is 975 g/mol. The van der Waals surface area contributed by atoms with Gasteiger partial charge in [0.1, 0.15) is 23.7 Å². The van der Waals surface area contributed by atoms with E-state index in [0.29, 0.717) is 41.1 Å². The van der Waals surface area contributed by atoms with Gasteiger partial charge < -0.3 is 34.4 Å². The minimum Gasteiger partial charge on any atom is -0.495 e. The Morgan fingerprint density at radius 3 is 2.33 bits per heavy atom. The van der Waals surface area contributed by atoms with E-state index >= 15 is 0 Å². The molecule has 14 heteroatoms. The number of benzene rings is 3. The van der Waals surface area contributed by atoms with E-state index in [4.69, 9.17) is 14.6 Å². The third-order valence-corrected chi connectivity index (χ3v) is 17.3. The Morgan fingerprint density at radius 1 is 0.917 bits per heavy atom. The second-order valence-corrected chi connectivity index (χ2v) is 23.3. The highest BCUT2D eigenvalue weighted by atomic mass is 16.5. The number of carbonyl (C=O) groups excluding carboxylic acids is 2.